The molecule has 60 valence electrons. The number of benzene rings is 1. The minimum Gasteiger partial charge on any atom is -0.0876 e. The smallest absolute Gasteiger partial charge is 0.0285 e. The van der Waals surface area contributed by atoms with E-state index in [1.54, 1.807) is 0 Å². The quantitative estimate of drug-likeness (QED) is 0.660. The summed E-state index contributed by atoms with van der Waals surface area (Å²) in [6.07, 6.45) is 1.13. The Morgan fingerprint density at radius 3 is 2.45 bits per heavy atom. The zero-order valence-corrected chi connectivity index (χ0v) is 8.61. The van der Waals surface area contributed by atoms with Gasteiger partial charge in [-0.15, -0.1) is 0 Å². The van der Waals surface area contributed by atoms with Gasteiger partial charge in [-0.2, -0.15) is 0 Å². The summed E-state index contributed by atoms with van der Waals surface area (Å²) in [5, 5.41) is 0.965. The van der Waals surface area contributed by atoms with E-state index in [0.29, 0.717) is 0 Å². The van der Waals surface area contributed by atoms with E-state index in [2.05, 4.69) is 48.0 Å². The Bertz CT molecular complexity index is 218. The standard InChI is InChI=1S/C10H13Br/c1-3-9-5-4-6-10(7-11)8(9)2/h4-6H,3,7H2,1-2H3. The first-order chi connectivity index (χ1) is 5.29. The fourth-order valence-electron chi connectivity index (χ4n) is 1.26. The van der Waals surface area contributed by atoms with Crippen LogP contribution in [0.25, 0.3) is 0 Å². The molecule has 0 nitrogen and oxygen atoms in total. The third-order valence-corrected chi connectivity index (χ3v) is 2.69. The van der Waals surface area contributed by atoms with Crippen molar-refractivity contribution in [2.24, 2.45) is 0 Å². The van der Waals surface area contributed by atoms with Gasteiger partial charge in [0.25, 0.3) is 0 Å². The van der Waals surface area contributed by atoms with Crippen LogP contribution in [-0.2, 0) is 11.8 Å². The average Bonchev–Trinajstić information content (AvgIpc) is 2.05. The zero-order valence-electron chi connectivity index (χ0n) is 7.02. The van der Waals surface area contributed by atoms with Crippen LogP contribution >= 0.6 is 15.9 Å². The molecule has 0 amide bonds. The molecule has 0 saturated heterocycles. The third-order valence-electron chi connectivity index (χ3n) is 2.08. The molecule has 1 heteroatoms. The van der Waals surface area contributed by atoms with Crippen LogP contribution in [0.5, 0.6) is 0 Å². The second-order valence-electron chi connectivity index (χ2n) is 2.69. The van der Waals surface area contributed by atoms with E-state index in [1.807, 2.05) is 0 Å². The molecule has 1 aromatic carbocycles. The van der Waals surface area contributed by atoms with Gasteiger partial charge in [0.2, 0.25) is 0 Å². The molecule has 0 atom stereocenters. The lowest BCUT2D eigenvalue weighted by atomic mass is 10.0. The maximum absolute atomic E-state index is 3.47. The highest BCUT2D eigenvalue weighted by atomic mass is 79.9. The molecule has 0 saturated carbocycles. The van der Waals surface area contributed by atoms with Crippen LogP contribution in [0.15, 0.2) is 18.2 Å². The lowest BCUT2D eigenvalue weighted by molar-refractivity contribution is 1.09. The Morgan fingerprint density at radius 2 is 1.91 bits per heavy atom. The molecule has 1 aromatic rings. The van der Waals surface area contributed by atoms with Crippen LogP contribution in [0.3, 0.4) is 0 Å². The fourth-order valence-corrected chi connectivity index (χ4v) is 1.87. The number of hydrogen-bond donors (Lipinski definition) is 0. The van der Waals surface area contributed by atoms with Crippen LogP contribution in [0, 0.1) is 6.92 Å². The van der Waals surface area contributed by atoms with Gasteiger partial charge in [0.1, 0.15) is 0 Å². The summed E-state index contributed by atoms with van der Waals surface area (Å²) < 4.78 is 0. The van der Waals surface area contributed by atoms with Gasteiger partial charge < -0.3 is 0 Å². The molecule has 0 spiro atoms. The summed E-state index contributed by atoms with van der Waals surface area (Å²) in [5.41, 5.74) is 4.30. The van der Waals surface area contributed by atoms with Gasteiger partial charge in [0.05, 0.1) is 0 Å². The Kier molecular flexibility index (Phi) is 3.13. The van der Waals surface area contributed by atoms with E-state index in [9.17, 15) is 0 Å². The van der Waals surface area contributed by atoms with E-state index in [1.165, 1.54) is 16.7 Å². The number of aryl methyl sites for hydroxylation is 1. The normalized spacial score (nSPS) is 10.1. The Balaban J connectivity index is 3.10. The van der Waals surface area contributed by atoms with E-state index in [0.717, 1.165) is 11.8 Å². The Labute approximate surface area is 76.8 Å². The van der Waals surface area contributed by atoms with Crippen molar-refractivity contribution in [2.75, 3.05) is 0 Å². The molecular weight excluding hydrogens is 200 g/mol. The molecule has 0 fully saturated rings. The van der Waals surface area contributed by atoms with Gasteiger partial charge in [-0.05, 0) is 30.0 Å². The van der Waals surface area contributed by atoms with E-state index in [-0.39, 0.29) is 0 Å². The summed E-state index contributed by atoms with van der Waals surface area (Å²) in [5.74, 6) is 0. The number of alkyl halides is 1. The second kappa shape index (κ2) is 3.91. The topological polar surface area (TPSA) is 0 Å². The molecule has 11 heavy (non-hydrogen) atoms. The van der Waals surface area contributed by atoms with Crippen molar-refractivity contribution >= 4 is 15.9 Å². The molecule has 1 rings (SSSR count). The van der Waals surface area contributed by atoms with Crippen LogP contribution in [-0.4, -0.2) is 0 Å². The van der Waals surface area contributed by atoms with Gasteiger partial charge in [-0.25, -0.2) is 0 Å². The summed E-state index contributed by atoms with van der Waals surface area (Å²) in [4.78, 5) is 0. The highest BCUT2D eigenvalue weighted by Crippen LogP contribution is 2.16. The minimum absolute atomic E-state index is 0.965. The summed E-state index contributed by atoms with van der Waals surface area (Å²) in [6.45, 7) is 4.38. The van der Waals surface area contributed by atoms with Gasteiger partial charge in [0, 0.05) is 5.33 Å². The first-order valence-electron chi connectivity index (χ1n) is 3.93. The zero-order chi connectivity index (χ0) is 8.27. The fraction of sp³-hybridized carbons (Fsp3) is 0.400. The SMILES string of the molecule is CCc1cccc(CBr)c1C. The molecule has 0 aliphatic carbocycles. The van der Waals surface area contributed by atoms with Crippen LogP contribution in [0.2, 0.25) is 0 Å². The molecule has 0 unspecified atom stereocenters. The predicted octanol–water partition coefficient (Wildman–Crippen LogP) is 3.45. The summed E-state index contributed by atoms with van der Waals surface area (Å²) >= 11 is 3.47. The van der Waals surface area contributed by atoms with Crippen molar-refractivity contribution in [1.82, 2.24) is 0 Å². The lowest BCUT2D eigenvalue weighted by Crippen LogP contribution is -1.90. The first kappa shape index (κ1) is 8.79. The highest BCUT2D eigenvalue weighted by Gasteiger charge is 1.99. The van der Waals surface area contributed by atoms with Crippen molar-refractivity contribution in [3.05, 3.63) is 34.9 Å². The number of rotatable bonds is 2. The molecule has 0 bridgehead atoms. The van der Waals surface area contributed by atoms with Gasteiger partial charge >= 0.3 is 0 Å². The molecule has 0 aromatic heterocycles. The van der Waals surface area contributed by atoms with Crippen molar-refractivity contribution in [3.8, 4) is 0 Å². The molecule has 0 aliphatic rings. The maximum Gasteiger partial charge on any atom is 0.0285 e. The van der Waals surface area contributed by atoms with Gasteiger partial charge in [-0.1, -0.05) is 41.1 Å². The molecule has 0 N–H and O–H groups in total. The van der Waals surface area contributed by atoms with Crippen molar-refractivity contribution in [2.45, 2.75) is 25.6 Å². The Hall–Kier alpha value is -0.300. The third kappa shape index (κ3) is 1.84. The molecule has 0 heterocycles. The minimum atomic E-state index is 0.965. The largest absolute Gasteiger partial charge is 0.0876 e. The monoisotopic (exact) mass is 212 g/mol. The number of hydrogen-bond acceptors (Lipinski definition) is 0. The summed E-state index contributed by atoms with van der Waals surface area (Å²) in [6, 6.07) is 6.49. The lowest BCUT2D eigenvalue weighted by Gasteiger charge is -2.06. The van der Waals surface area contributed by atoms with Crippen molar-refractivity contribution in [3.63, 3.8) is 0 Å². The van der Waals surface area contributed by atoms with Crippen LogP contribution in [0.1, 0.15) is 23.6 Å². The molecule has 0 radical (unpaired) electrons. The first-order valence-corrected chi connectivity index (χ1v) is 5.05. The van der Waals surface area contributed by atoms with Gasteiger partial charge in [0.15, 0.2) is 0 Å². The predicted molar refractivity (Wildman–Crippen MR) is 53.2 cm³/mol. The van der Waals surface area contributed by atoms with E-state index < -0.39 is 0 Å². The maximum atomic E-state index is 3.47. The van der Waals surface area contributed by atoms with Crippen molar-refractivity contribution < 1.29 is 0 Å². The Morgan fingerprint density at radius 1 is 1.27 bits per heavy atom. The average molecular weight is 213 g/mol. The second-order valence-corrected chi connectivity index (χ2v) is 3.25. The summed E-state index contributed by atoms with van der Waals surface area (Å²) in [7, 11) is 0. The van der Waals surface area contributed by atoms with E-state index in [4.69, 9.17) is 0 Å². The molecular formula is C10H13Br. The van der Waals surface area contributed by atoms with Crippen LogP contribution in [0.4, 0.5) is 0 Å². The van der Waals surface area contributed by atoms with E-state index >= 15 is 0 Å². The van der Waals surface area contributed by atoms with Crippen LogP contribution < -0.4 is 0 Å². The highest BCUT2D eigenvalue weighted by molar-refractivity contribution is 9.08. The van der Waals surface area contributed by atoms with Gasteiger partial charge in [-0.3, -0.25) is 0 Å². The van der Waals surface area contributed by atoms with Crippen molar-refractivity contribution in [1.29, 1.82) is 0 Å². The molecule has 0 aliphatic heterocycles. The number of halogens is 1.